The van der Waals surface area contributed by atoms with Crippen molar-refractivity contribution in [2.75, 3.05) is 0 Å². The first kappa shape index (κ1) is 19.8. The SMILES string of the molecule is CCC1CCC(c2cc(F)c(C3=Cc4ccc(C#N)c(F)c4CC3)c(F)c2)CC1. The maximum absolute atomic E-state index is 15.0. The minimum Gasteiger partial charge on any atom is -0.206 e. The zero-order valence-corrected chi connectivity index (χ0v) is 16.6. The fourth-order valence-electron chi connectivity index (χ4n) is 4.87. The predicted molar refractivity (Wildman–Crippen MR) is 109 cm³/mol. The van der Waals surface area contributed by atoms with Crippen LogP contribution in [0.1, 0.15) is 79.2 Å². The van der Waals surface area contributed by atoms with Crippen LogP contribution in [0.5, 0.6) is 0 Å². The number of nitriles is 1. The molecular formula is C25H24F3N. The molecule has 4 rings (SSSR count). The molecular weight excluding hydrogens is 371 g/mol. The molecule has 0 saturated heterocycles. The van der Waals surface area contributed by atoms with Gasteiger partial charge in [0.05, 0.1) is 5.56 Å². The van der Waals surface area contributed by atoms with E-state index in [0.717, 1.165) is 37.2 Å². The normalized spacial score (nSPS) is 21.3. The first-order chi connectivity index (χ1) is 14.0. The third kappa shape index (κ3) is 3.71. The lowest BCUT2D eigenvalue weighted by molar-refractivity contribution is 0.318. The van der Waals surface area contributed by atoms with Crippen LogP contribution in [-0.4, -0.2) is 0 Å². The van der Waals surface area contributed by atoms with Gasteiger partial charge in [0.25, 0.3) is 0 Å². The number of fused-ring (bicyclic) bond motifs is 1. The Bertz CT molecular complexity index is 984. The van der Waals surface area contributed by atoms with Crippen molar-refractivity contribution < 1.29 is 13.2 Å². The Kier molecular flexibility index (Phi) is 5.50. The summed E-state index contributed by atoms with van der Waals surface area (Å²) in [7, 11) is 0. The Hall–Kier alpha value is -2.54. The predicted octanol–water partition coefficient (Wildman–Crippen LogP) is 7.15. The van der Waals surface area contributed by atoms with Gasteiger partial charge in [-0.3, -0.25) is 0 Å². The first-order valence-corrected chi connectivity index (χ1v) is 10.4. The molecule has 1 nitrogen and oxygen atoms in total. The second kappa shape index (κ2) is 8.06. The van der Waals surface area contributed by atoms with Gasteiger partial charge in [0.2, 0.25) is 0 Å². The minimum atomic E-state index is -0.540. The van der Waals surface area contributed by atoms with Crippen LogP contribution >= 0.6 is 0 Å². The summed E-state index contributed by atoms with van der Waals surface area (Å²) < 4.78 is 44.3. The van der Waals surface area contributed by atoms with Crippen molar-refractivity contribution in [3.8, 4) is 6.07 Å². The minimum absolute atomic E-state index is 0.000100. The summed E-state index contributed by atoms with van der Waals surface area (Å²) in [5, 5.41) is 8.98. The van der Waals surface area contributed by atoms with Crippen LogP contribution in [0, 0.1) is 34.7 Å². The molecule has 2 aliphatic carbocycles. The number of hydrogen-bond donors (Lipinski definition) is 0. The van der Waals surface area contributed by atoms with Crippen molar-refractivity contribution in [2.45, 2.75) is 57.8 Å². The van der Waals surface area contributed by atoms with Crippen molar-refractivity contribution in [2.24, 2.45) is 5.92 Å². The van der Waals surface area contributed by atoms with Gasteiger partial charge in [-0.1, -0.05) is 25.5 Å². The second-order valence-corrected chi connectivity index (χ2v) is 8.26. The molecule has 0 spiro atoms. The monoisotopic (exact) mass is 395 g/mol. The second-order valence-electron chi connectivity index (χ2n) is 8.26. The molecule has 2 aromatic carbocycles. The number of halogens is 3. The molecule has 0 N–H and O–H groups in total. The van der Waals surface area contributed by atoms with Crippen molar-refractivity contribution in [3.05, 3.63) is 69.5 Å². The molecule has 0 atom stereocenters. The fourth-order valence-corrected chi connectivity index (χ4v) is 4.87. The molecule has 2 aliphatic rings. The molecule has 0 unspecified atom stereocenters. The molecule has 2 aromatic rings. The van der Waals surface area contributed by atoms with Crippen LogP contribution in [0.4, 0.5) is 13.2 Å². The summed E-state index contributed by atoms with van der Waals surface area (Å²) in [5.74, 6) is -0.660. The van der Waals surface area contributed by atoms with Gasteiger partial charge >= 0.3 is 0 Å². The number of nitrogens with zero attached hydrogens (tertiary/aromatic N) is 1. The van der Waals surface area contributed by atoms with E-state index in [2.05, 4.69) is 6.92 Å². The average Bonchev–Trinajstić information content (AvgIpc) is 2.73. The maximum atomic E-state index is 15.0. The Labute approximate surface area is 169 Å². The number of allylic oxidation sites excluding steroid dienone is 1. The molecule has 1 fully saturated rings. The van der Waals surface area contributed by atoms with E-state index in [9.17, 15) is 13.2 Å². The molecule has 0 heterocycles. The van der Waals surface area contributed by atoms with Crippen LogP contribution in [-0.2, 0) is 6.42 Å². The number of benzene rings is 2. The van der Waals surface area contributed by atoms with Gasteiger partial charge in [0.1, 0.15) is 23.5 Å². The first-order valence-electron chi connectivity index (χ1n) is 10.4. The van der Waals surface area contributed by atoms with Crippen LogP contribution in [0.3, 0.4) is 0 Å². The summed E-state index contributed by atoms with van der Waals surface area (Å²) in [6.45, 7) is 2.20. The summed E-state index contributed by atoms with van der Waals surface area (Å²) in [6.07, 6.45) is 7.67. The van der Waals surface area contributed by atoms with Gasteiger partial charge in [-0.05, 0) is 90.8 Å². The summed E-state index contributed by atoms with van der Waals surface area (Å²) >= 11 is 0. The third-order valence-electron chi connectivity index (χ3n) is 6.66. The van der Waals surface area contributed by atoms with Crippen LogP contribution in [0.25, 0.3) is 11.6 Å². The summed E-state index contributed by atoms with van der Waals surface area (Å²) in [6, 6.07) is 7.87. The zero-order valence-electron chi connectivity index (χ0n) is 16.6. The highest BCUT2D eigenvalue weighted by Crippen LogP contribution is 2.40. The Morgan fingerprint density at radius 2 is 1.69 bits per heavy atom. The molecule has 0 aliphatic heterocycles. The lowest BCUT2D eigenvalue weighted by Crippen LogP contribution is -2.13. The average molecular weight is 395 g/mol. The van der Waals surface area contributed by atoms with Crippen molar-refractivity contribution in [1.82, 2.24) is 0 Å². The molecule has 0 aromatic heterocycles. The molecule has 4 heteroatoms. The lowest BCUT2D eigenvalue weighted by atomic mass is 9.77. The highest BCUT2D eigenvalue weighted by atomic mass is 19.1. The number of rotatable bonds is 3. The van der Waals surface area contributed by atoms with Crippen molar-refractivity contribution in [3.63, 3.8) is 0 Å². The van der Waals surface area contributed by atoms with E-state index in [-0.39, 0.29) is 17.0 Å². The van der Waals surface area contributed by atoms with Gasteiger partial charge in [-0.2, -0.15) is 5.26 Å². The highest BCUT2D eigenvalue weighted by Gasteiger charge is 2.26. The molecule has 1 saturated carbocycles. The molecule has 150 valence electrons. The van der Waals surface area contributed by atoms with E-state index in [1.807, 2.05) is 6.07 Å². The smallest absolute Gasteiger partial charge is 0.144 e. The van der Waals surface area contributed by atoms with Crippen molar-refractivity contribution in [1.29, 1.82) is 5.26 Å². The van der Waals surface area contributed by atoms with E-state index < -0.39 is 17.5 Å². The Morgan fingerprint density at radius 3 is 2.31 bits per heavy atom. The van der Waals surface area contributed by atoms with Crippen LogP contribution in [0.2, 0.25) is 0 Å². The third-order valence-corrected chi connectivity index (χ3v) is 6.66. The largest absolute Gasteiger partial charge is 0.206 e. The fraction of sp³-hybridized carbons (Fsp3) is 0.400. The van der Waals surface area contributed by atoms with Gasteiger partial charge in [0, 0.05) is 5.56 Å². The van der Waals surface area contributed by atoms with E-state index in [0.29, 0.717) is 29.5 Å². The molecule has 0 amide bonds. The maximum Gasteiger partial charge on any atom is 0.144 e. The molecule has 0 bridgehead atoms. The van der Waals surface area contributed by atoms with Crippen LogP contribution < -0.4 is 0 Å². The van der Waals surface area contributed by atoms with Gasteiger partial charge in [-0.25, -0.2) is 13.2 Å². The van der Waals surface area contributed by atoms with Gasteiger partial charge in [-0.15, -0.1) is 0 Å². The van der Waals surface area contributed by atoms with Gasteiger partial charge in [0.15, 0.2) is 0 Å². The van der Waals surface area contributed by atoms with E-state index >= 15 is 0 Å². The van der Waals surface area contributed by atoms with E-state index in [1.165, 1.54) is 24.6 Å². The summed E-state index contributed by atoms with van der Waals surface area (Å²) in [4.78, 5) is 0. The quantitative estimate of drug-likeness (QED) is 0.541. The standard InChI is InChI=1S/C25H24F3N/c1-2-15-3-5-16(6-4-15)20-12-22(26)24(23(27)13-20)18-9-10-21-17(11-18)7-8-19(14-29)25(21)28/h7-8,11-13,15-16H,2-6,9-10H2,1H3. The topological polar surface area (TPSA) is 23.8 Å². The van der Waals surface area contributed by atoms with E-state index in [1.54, 1.807) is 12.1 Å². The van der Waals surface area contributed by atoms with Gasteiger partial charge < -0.3 is 0 Å². The molecule has 29 heavy (non-hydrogen) atoms. The lowest BCUT2D eigenvalue weighted by Gasteiger charge is -2.28. The van der Waals surface area contributed by atoms with Crippen LogP contribution in [0.15, 0.2) is 24.3 Å². The number of hydrogen-bond acceptors (Lipinski definition) is 1. The summed E-state index contributed by atoms with van der Waals surface area (Å²) in [5.41, 5.74) is 2.31. The Balaban J connectivity index is 1.65. The zero-order chi connectivity index (χ0) is 20.5. The van der Waals surface area contributed by atoms with E-state index in [4.69, 9.17) is 5.26 Å². The van der Waals surface area contributed by atoms with Crippen molar-refractivity contribution >= 4 is 11.6 Å². The Morgan fingerprint density at radius 1 is 1.00 bits per heavy atom. The highest BCUT2D eigenvalue weighted by molar-refractivity contribution is 5.85. The molecule has 0 radical (unpaired) electrons.